The summed E-state index contributed by atoms with van der Waals surface area (Å²) in [5, 5.41) is 0. The molecule has 0 fully saturated rings. The van der Waals surface area contributed by atoms with E-state index in [-0.39, 0.29) is 5.78 Å². The first kappa shape index (κ1) is 15.2. The minimum Gasteiger partial charge on any atom is -0.362 e. The third-order valence-corrected chi connectivity index (χ3v) is 3.51. The number of allylic oxidation sites excluding steroid dienone is 2. The van der Waals surface area contributed by atoms with Crippen LogP contribution in [0.15, 0.2) is 24.3 Å². The number of rotatable bonds is 9. The van der Waals surface area contributed by atoms with Gasteiger partial charge in [-0.3, -0.25) is 4.79 Å². The van der Waals surface area contributed by atoms with Gasteiger partial charge in [0, 0.05) is 13.5 Å². The van der Waals surface area contributed by atoms with Crippen molar-refractivity contribution in [2.75, 3.05) is 7.11 Å². The molecule has 2 nitrogen and oxygen atoms in total. The number of carbonyl (C=O) groups is 1. The molecule has 0 heterocycles. The highest BCUT2D eigenvalue weighted by Gasteiger charge is 2.33. The van der Waals surface area contributed by atoms with Crippen molar-refractivity contribution in [2.24, 2.45) is 5.92 Å². The first-order valence-corrected chi connectivity index (χ1v) is 7.06. The number of hydrogen-bond donors (Lipinski definition) is 0. The van der Waals surface area contributed by atoms with Gasteiger partial charge in [0.25, 0.3) is 0 Å². The molecule has 0 N–H and O–H groups in total. The average Bonchev–Trinajstić information content (AvgIpc) is 2.83. The van der Waals surface area contributed by atoms with Crippen molar-refractivity contribution in [3.8, 4) is 0 Å². The Labute approximate surface area is 111 Å². The van der Waals surface area contributed by atoms with Crippen molar-refractivity contribution >= 4 is 5.78 Å². The summed E-state index contributed by atoms with van der Waals surface area (Å²) in [7, 11) is 1.60. The molecule has 0 aromatic heterocycles. The van der Waals surface area contributed by atoms with Crippen LogP contribution in [0.3, 0.4) is 0 Å². The van der Waals surface area contributed by atoms with E-state index in [0.29, 0.717) is 6.42 Å². The Kier molecular flexibility index (Phi) is 6.34. The van der Waals surface area contributed by atoms with Crippen molar-refractivity contribution in [1.82, 2.24) is 0 Å². The van der Waals surface area contributed by atoms with Crippen LogP contribution >= 0.6 is 0 Å². The van der Waals surface area contributed by atoms with Crippen molar-refractivity contribution in [3.63, 3.8) is 0 Å². The zero-order valence-electron chi connectivity index (χ0n) is 11.9. The van der Waals surface area contributed by atoms with Gasteiger partial charge in [-0.2, -0.15) is 0 Å². The molecule has 0 aliphatic heterocycles. The third kappa shape index (κ3) is 4.41. The molecule has 0 atom stereocenters. The van der Waals surface area contributed by atoms with E-state index in [2.05, 4.69) is 13.8 Å². The maximum absolute atomic E-state index is 12.1. The lowest BCUT2D eigenvalue weighted by molar-refractivity contribution is -0.131. The largest absolute Gasteiger partial charge is 0.362 e. The van der Waals surface area contributed by atoms with E-state index in [1.54, 1.807) is 7.11 Å². The smallest absolute Gasteiger partial charge is 0.172 e. The maximum Gasteiger partial charge on any atom is 0.172 e. The summed E-state index contributed by atoms with van der Waals surface area (Å²) < 4.78 is 5.35. The predicted octanol–water partition coefficient (Wildman–Crippen LogP) is 4.06. The zero-order chi connectivity index (χ0) is 13.4. The number of ether oxygens (including phenoxy) is 1. The Morgan fingerprint density at radius 2 is 1.72 bits per heavy atom. The molecule has 0 radical (unpaired) electrons. The Morgan fingerprint density at radius 3 is 2.28 bits per heavy atom. The lowest BCUT2D eigenvalue weighted by Crippen LogP contribution is -2.35. The van der Waals surface area contributed by atoms with Gasteiger partial charge in [0.15, 0.2) is 11.4 Å². The second kappa shape index (κ2) is 7.52. The monoisotopic (exact) mass is 250 g/mol. The van der Waals surface area contributed by atoms with E-state index in [4.69, 9.17) is 4.74 Å². The number of hydrogen-bond acceptors (Lipinski definition) is 2. The molecule has 0 unspecified atom stereocenters. The van der Waals surface area contributed by atoms with Crippen molar-refractivity contribution in [2.45, 2.75) is 58.0 Å². The summed E-state index contributed by atoms with van der Waals surface area (Å²) in [4.78, 5) is 12.1. The van der Waals surface area contributed by atoms with Crippen molar-refractivity contribution in [3.05, 3.63) is 24.3 Å². The topological polar surface area (TPSA) is 26.3 Å². The minimum atomic E-state index is -0.766. The minimum absolute atomic E-state index is 0.179. The van der Waals surface area contributed by atoms with E-state index in [1.165, 1.54) is 19.3 Å². The number of unbranched alkanes of at least 4 members (excludes halogenated alkanes) is 3. The summed E-state index contributed by atoms with van der Waals surface area (Å²) in [5.41, 5.74) is -0.766. The van der Waals surface area contributed by atoms with E-state index >= 15 is 0 Å². The SMILES string of the molecule is COC1(C(=O)CCCCCCC(C)C)C=CC=C1. The summed E-state index contributed by atoms with van der Waals surface area (Å²) in [5.74, 6) is 0.969. The highest BCUT2D eigenvalue weighted by atomic mass is 16.5. The van der Waals surface area contributed by atoms with Crippen LogP contribution in [0.2, 0.25) is 0 Å². The summed E-state index contributed by atoms with van der Waals surface area (Å²) in [6.45, 7) is 4.51. The molecule has 0 spiro atoms. The molecule has 1 aliphatic rings. The normalized spacial score (nSPS) is 16.7. The van der Waals surface area contributed by atoms with Crippen LogP contribution in [0.25, 0.3) is 0 Å². The molecule has 1 rings (SSSR count). The van der Waals surface area contributed by atoms with Gasteiger partial charge in [0.1, 0.15) is 0 Å². The predicted molar refractivity (Wildman–Crippen MR) is 75.6 cm³/mol. The lowest BCUT2D eigenvalue weighted by atomic mass is 9.95. The standard InChI is InChI=1S/C16H26O2/c1-14(2)10-6-4-5-7-11-15(17)16(18-3)12-8-9-13-16/h8-9,12-14H,4-7,10-11H2,1-3H3. The third-order valence-electron chi connectivity index (χ3n) is 3.51. The van der Waals surface area contributed by atoms with Crippen LogP contribution in [-0.2, 0) is 9.53 Å². The van der Waals surface area contributed by atoms with Gasteiger partial charge >= 0.3 is 0 Å². The molecule has 18 heavy (non-hydrogen) atoms. The summed E-state index contributed by atoms with van der Waals surface area (Å²) >= 11 is 0. The van der Waals surface area contributed by atoms with Crippen molar-refractivity contribution in [1.29, 1.82) is 0 Å². The molecule has 2 heteroatoms. The molecule has 0 saturated heterocycles. The number of methoxy groups -OCH3 is 1. The van der Waals surface area contributed by atoms with Gasteiger partial charge < -0.3 is 4.74 Å². The summed E-state index contributed by atoms with van der Waals surface area (Å²) in [6, 6.07) is 0. The Hall–Kier alpha value is -0.890. The number of carbonyl (C=O) groups excluding carboxylic acids is 1. The summed E-state index contributed by atoms with van der Waals surface area (Å²) in [6.07, 6.45) is 14.0. The second-order valence-electron chi connectivity index (χ2n) is 5.49. The fraction of sp³-hybridized carbons (Fsp3) is 0.688. The number of Topliss-reactive ketones (excluding diaryl/α,β-unsaturated/α-hetero) is 1. The van der Waals surface area contributed by atoms with Gasteiger partial charge in [0.05, 0.1) is 0 Å². The van der Waals surface area contributed by atoms with Crippen LogP contribution in [0, 0.1) is 5.92 Å². The molecular weight excluding hydrogens is 224 g/mol. The van der Waals surface area contributed by atoms with Crippen LogP contribution in [0.4, 0.5) is 0 Å². The zero-order valence-corrected chi connectivity index (χ0v) is 11.9. The van der Waals surface area contributed by atoms with Crippen LogP contribution in [0.1, 0.15) is 52.4 Å². The van der Waals surface area contributed by atoms with E-state index in [9.17, 15) is 4.79 Å². The Balaban J connectivity index is 2.18. The van der Waals surface area contributed by atoms with Crippen LogP contribution in [-0.4, -0.2) is 18.5 Å². The highest BCUT2D eigenvalue weighted by molar-refractivity contribution is 5.92. The molecule has 0 saturated carbocycles. The van der Waals surface area contributed by atoms with E-state index in [1.807, 2.05) is 24.3 Å². The van der Waals surface area contributed by atoms with Gasteiger partial charge in [-0.1, -0.05) is 51.7 Å². The first-order chi connectivity index (χ1) is 8.60. The quantitative estimate of drug-likeness (QED) is 0.577. The van der Waals surface area contributed by atoms with Crippen LogP contribution in [0.5, 0.6) is 0 Å². The van der Waals surface area contributed by atoms with E-state index < -0.39 is 5.60 Å². The average molecular weight is 250 g/mol. The maximum atomic E-state index is 12.1. The fourth-order valence-corrected chi connectivity index (χ4v) is 2.28. The van der Waals surface area contributed by atoms with Crippen LogP contribution < -0.4 is 0 Å². The molecule has 0 bridgehead atoms. The van der Waals surface area contributed by atoms with Gasteiger partial charge in [0.2, 0.25) is 0 Å². The first-order valence-electron chi connectivity index (χ1n) is 7.06. The molecular formula is C16H26O2. The fourth-order valence-electron chi connectivity index (χ4n) is 2.28. The van der Waals surface area contributed by atoms with Crippen molar-refractivity contribution < 1.29 is 9.53 Å². The highest BCUT2D eigenvalue weighted by Crippen LogP contribution is 2.23. The Bertz CT molecular complexity index is 301. The van der Waals surface area contributed by atoms with Gasteiger partial charge in [-0.05, 0) is 24.5 Å². The molecule has 0 aromatic rings. The van der Waals surface area contributed by atoms with Gasteiger partial charge in [-0.15, -0.1) is 0 Å². The van der Waals surface area contributed by atoms with Gasteiger partial charge in [-0.25, -0.2) is 0 Å². The molecule has 0 amide bonds. The molecule has 1 aliphatic carbocycles. The molecule has 0 aromatic carbocycles. The molecule has 102 valence electrons. The Morgan fingerprint density at radius 1 is 1.11 bits per heavy atom. The lowest BCUT2D eigenvalue weighted by Gasteiger charge is -2.21. The number of ketones is 1. The second-order valence-corrected chi connectivity index (χ2v) is 5.49. The van der Waals surface area contributed by atoms with E-state index in [0.717, 1.165) is 18.8 Å².